The van der Waals surface area contributed by atoms with Crippen molar-refractivity contribution in [1.82, 2.24) is 24.9 Å². The van der Waals surface area contributed by atoms with E-state index < -0.39 is 18.2 Å². The monoisotopic (exact) mass is 464 g/mol. The Morgan fingerprint density at radius 2 is 1.50 bits per heavy atom. The number of fused-ring (bicyclic) bond motifs is 1. The number of nitrogens with one attached hydrogen (secondary N) is 1. The molecule has 0 aliphatic carbocycles. The number of urea groups is 1. The molecule has 34 heavy (non-hydrogen) atoms. The lowest BCUT2D eigenvalue weighted by Crippen LogP contribution is -2.63. The molecule has 3 amide bonds. The van der Waals surface area contributed by atoms with Gasteiger partial charge in [0, 0.05) is 46.3 Å². The number of benzene rings is 2. The average molecular weight is 465 g/mol. The third-order valence-electron chi connectivity index (χ3n) is 6.79. The number of carbonyl (C=O) groups is 2. The largest absolute Gasteiger partial charge is 0.339 e. The lowest BCUT2D eigenvalue weighted by Gasteiger charge is -2.38. The number of amides is 3. The van der Waals surface area contributed by atoms with Crippen LogP contribution in [0.2, 0.25) is 0 Å². The number of imide groups is 1. The summed E-state index contributed by atoms with van der Waals surface area (Å²) in [6.07, 6.45) is -0.559. The van der Waals surface area contributed by atoms with Crippen LogP contribution < -0.4 is 5.32 Å². The normalized spacial score (nSPS) is 23.6. The zero-order valence-corrected chi connectivity index (χ0v) is 19.2. The van der Waals surface area contributed by atoms with Gasteiger partial charge in [-0.3, -0.25) is 19.9 Å². The van der Waals surface area contributed by atoms with Crippen LogP contribution in [0.4, 0.5) is 9.18 Å². The van der Waals surface area contributed by atoms with E-state index in [9.17, 15) is 14.0 Å². The topological polar surface area (TPSA) is 71.5 Å². The summed E-state index contributed by atoms with van der Waals surface area (Å²) in [4.78, 5) is 38.0. The molecule has 2 aromatic carbocycles. The van der Waals surface area contributed by atoms with Gasteiger partial charge in [0.25, 0.3) is 5.91 Å². The van der Waals surface area contributed by atoms with E-state index in [2.05, 4.69) is 39.4 Å². The zero-order valence-electron chi connectivity index (χ0n) is 19.2. The van der Waals surface area contributed by atoms with Gasteiger partial charge in [0.1, 0.15) is 11.7 Å². The molecule has 3 aliphatic rings. The molecular weight excluding hydrogens is 435 g/mol. The van der Waals surface area contributed by atoms with Gasteiger partial charge < -0.3 is 9.80 Å². The first kappa shape index (κ1) is 22.5. The number of aliphatic imine (C=N–C) groups is 1. The van der Waals surface area contributed by atoms with Crippen LogP contribution in [0, 0.1) is 5.82 Å². The third kappa shape index (κ3) is 4.67. The standard InChI is InChI=1S/C25H29FN6O2/c1-29-23-22(24(33)28-25(29)34)32(16-19-7-9-20(26)10-8-19)21(27-23)17-31-13-11-30(12-14-31)15-18-5-3-2-4-6-18/h2-10,22-23H,11-17H2,1H3,(H,28,33,34). The highest BCUT2D eigenvalue weighted by Gasteiger charge is 2.48. The Balaban J connectivity index is 1.29. The van der Waals surface area contributed by atoms with Gasteiger partial charge in [0.2, 0.25) is 0 Å². The van der Waals surface area contributed by atoms with Crippen LogP contribution in [-0.4, -0.2) is 89.4 Å². The van der Waals surface area contributed by atoms with Crippen LogP contribution in [0.15, 0.2) is 59.6 Å². The minimum absolute atomic E-state index is 0.300. The molecule has 0 radical (unpaired) electrons. The summed E-state index contributed by atoms with van der Waals surface area (Å²) >= 11 is 0. The number of nitrogens with zero attached hydrogens (tertiary/aromatic N) is 5. The van der Waals surface area contributed by atoms with E-state index >= 15 is 0 Å². The molecule has 5 rings (SSSR count). The Labute approximate surface area is 198 Å². The summed E-state index contributed by atoms with van der Waals surface area (Å²) in [5, 5.41) is 2.43. The lowest BCUT2D eigenvalue weighted by molar-refractivity contribution is -0.127. The van der Waals surface area contributed by atoms with E-state index in [1.807, 2.05) is 11.0 Å². The van der Waals surface area contributed by atoms with Crippen molar-refractivity contribution in [2.45, 2.75) is 25.3 Å². The maximum Gasteiger partial charge on any atom is 0.325 e. The maximum absolute atomic E-state index is 13.4. The Kier molecular flexibility index (Phi) is 6.30. The third-order valence-corrected chi connectivity index (χ3v) is 6.79. The van der Waals surface area contributed by atoms with Crippen LogP contribution in [0.1, 0.15) is 11.1 Å². The second-order valence-electron chi connectivity index (χ2n) is 9.10. The summed E-state index contributed by atoms with van der Waals surface area (Å²) < 4.78 is 13.4. The van der Waals surface area contributed by atoms with Crippen LogP contribution in [-0.2, 0) is 17.9 Å². The molecule has 3 aliphatic heterocycles. The molecule has 0 saturated carbocycles. The van der Waals surface area contributed by atoms with Crippen molar-refractivity contribution in [3.63, 3.8) is 0 Å². The average Bonchev–Trinajstić information content (AvgIpc) is 3.19. The molecule has 3 heterocycles. The number of carbonyl (C=O) groups excluding carboxylic acids is 2. The van der Waals surface area contributed by atoms with Crippen molar-refractivity contribution in [3.8, 4) is 0 Å². The summed E-state index contributed by atoms with van der Waals surface area (Å²) in [5.41, 5.74) is 2.19. The van der Waals surface area contributed by atoms with Crippen LogP contribution in [0.5, 0.6) is 0 Å². The Morgan fingerprint density at radius 3 is 2.18 bits per heavy atom. The second-order valence-corrected chi connectivity index (χ2v) is 9.10. The number of piperazine rings is 1. The summed E-state index contributed by atoms with van der Waals surface area (Å²) in [6.45, 7) is 5.65. The molecule has 2 saturated heterocycles. The smallest absolute Gasteiger partial charge is 0.325 e. The number of hydrogen-bond donors (Lipinski definition) is 1. The molecule has 8 nitrogen and oxygen atoms in total. The zero-order chi connectivity index (χ0) is 23.7. The first-order valence-corrected chi connectivity index (χ1v) is 11.6. The van der Waals surface area contributed by atoms with E-state index in [-0.39, 0.29) is 11.7 Å². The van der Waals surface area contributed by atoms with E-state index in [1.165, 1.54) is 22.6 Å². The molecule has 2 aromatic rings. The summed E-state index contributed by atoms with van der Waals surface area (Å²) in [6, 6.07) is 15.7. The lowest BCUT2D eigenvalue weighted by atomic mass is 10.1. The SMILES string of the molecule is CN1C(=O)NC(=O)C2C1N=C(CN1CCN(Cc3ccccc3)CC1)N2Cc1ccc(F)cc1. The fourth-order valence-electron chi connectivity index (χ4n) is 4.84. The van der Waals surface area contributed by atoms with Gasteiger partial charge in [-0.2, -0.15) is 0 Å². The van der Waals surface area contributed by atoms with Gasteiger partial charge in [0.05, 0.1) is 6.54 Å². The van der Waals surface area contributed by atoms with E-state index in [4.69, 9.17) is 4.99 Å². The van der Waals surface area contributed by atoms with Crippen molar-refractivity contribution < 1.29 is 14.0 Å². The predicted molar refractivity (Wildman–Crippen MR) is 126 cm³/mol. The Hall–Kier alpha value is -3.30. The predicted octanol–water partition coefficient (Wildman–Crippen LogP) is 1.73. The highest BCUT2D eigenvalue weighted by atomic mass is 19.1. The van der Waals surface area contributed by atoms with E-state index in [1.54, 1.807) is 19.2 Å². The van der Waals surface area contributed by atoms with Crippen molar-refractivity contribution in [1.29, 1.82) is 0 Å². The van der Waals surface area contributed by atoms with Crippen molar-refractivity contribution in [3.05, 3.63) is 71.5 Å². The molecular formula is C25H29FN6O2. The fraction of sp³-hybridized carbons (Fsp3) is 0.400. The molecule has 0 aromatic heterocycles. The molecule has 1 N–H and O–H groups in total. The summed E-state index contributed by atoms with van der Waals surface area (Å²) in [7, 11) is 1.66. The number of likely N-dealkylation sites (N-methyl/N-ethyl adjacent to an activating group) is 1. The maximum atomic E-state index is 13.4. The van der Waals surface area contributed by atoms with E-state index in [0.29, 0.717) is 13.1 Å². The molecule has 2 atom stereocenters. The molecule has 2 unspecified atom stereocenters. The van der Waals surface area contributed by atoms with Crippen LogP contribution in [0.25, 0.3) is 0 Å². The molecule has 178 valence electrons. The minimum Gasteiger partial charge on any atom is -0.339 e. The number of rotatable bonds is 6. The van der Waals surface area contributed by atoms with Crippen LogP contribution in [0.3, 0.4) is 0 Å². The first-order chi connectivity index (χ1) is 16.5. The molecule has 0 bridgehead atoms. The number of halogens is 1. The van der Waals surface area contributed by atoms with Crippen molar-refractivity contribution in [2.24, 2.45) is 4.99 Å². The number of amidine groups is 1. The summed E-state index contributed by atoms with van der Waals surface area (Å²) in [5.74, 6) is 0.139. The van der Waals surface area contributed by atoms with Gasteiger partial charge in [-0.25, -0.2) is 14.2 Å². The van der Waals surface area contributed by atoms with Gasteiger partial charge >= 0.3 is 6.03 Å². The quantitative estimate of drug-likeness (QED) is 0.705. The molecule has 9 heteroatoms. The molecule has 2 fully saturated rings. The van der Waals surface area contributed by atoms with Gasteiger partial charge in [0.15, 0.2) is 12.2 Å². The van der Waals surface area contributed by atoms with Gasteiger partial charge in [-0.05, 0) is 23.3 Å². The highest BCUT2D eigenvalue weighted by molar-refractivity contribution is 6.04. The Morgan fingerprint density at radius 1 is 0.882 bits per heavy atom. The first-order valence-electron chi connectivity index (χ1n) is 11.6. The second kappa shape index (κ2) is 9.52. The highest BCUT2D eigenvalue weighted by Crippen LogP contribution is 2.26. The van der Waals surface area contributed by atoms with Crippen molar-refractivity contribution >= 4 is 17.8 Å². The van der Waals surface area contributed by atoms with Gasteiger partial charge in [-0.15, -0.1) is 0 Å². The van der Waals surface area contributed by atoms with Gasteiger partial charge in [-0.1, -0.05) is 42.5 Å². The fourth-order valence-corrected chi connectivity index (χ4v) is 4.84. The Bertz CT molecular complexity index is 1070. The number of hydrogen-bond acceptors (Lipinski definition) is 6. The minimum atomic E-state index is -0.595. The van der Waals surface area contributed by atoms with E-state index in [0.717, 1.165) is 44.1 Å². The van der Waals surface area contributed by atoms with Crippen LogP contribution >= 0.6 is 0 Å². The molecule has 0 spiro atoms. The van der Waals surface area contributed by atoms with Crippen molar-refractivity contribution in [2.75, 3.05) is 39.8 Å².